The van der Waals surface area contributed by atoms with Crippen molar-refractivity contribution in [3.63, 3.8) is 0 Å². The molecular weight excluding hydrogens is 296 g/mol. The van der Waals surface area contributed by atoms with Gasteiger partial charge in [-0.3, -0.25) is 4.79 Å². The minimum Gasteiger partial charge on any atom is -0.494 e. The van der Waals surface area contributed by atoms with Crippen LogP contribution < -0.4 is 9.47 Å². The number of benzene rings is 1. The predicted molar refractivity (Wildman–Crippen MR) is 81.4 cm³/mol. The van der Waals surface area contributed by atoms with Crippen molar-refractivity contribution < 1.29 is 14.3 Å². The smallest absolute Gasteiger partial charge is 0.210 e. The summed E-state index contributed by atoms with van der Waals surface area (Å²) in [5.74, 6) is 1.37. The molecule has 2 rings (SSSR count). The fourth-order valence-corrected chi connectivity index (χ4v) is 2.50. The Hall–Kier alpha value is -1.52. The SMILES string of the molecule is CCCOc1ccc(OCC(=O)c2ccc(Cl)s2)cc1. The molecule has 0 N–H and O–H groups in total. The maximum Gasteiger partial charge on any atom is 0.210 e. The Kier molecular flexibility index (Phi) is 5.44. The van der Waals surface area contributed by atoms with Crippen molar-refractivity contribution in [3.8, 4) is 11.5 Å². The molecule has 5 heteroatoms. The Morgan fingerprint density at radius 1 is 1.10 bits per heavy atom. The summed E-state index contributed by atoms with van der Waals surface area (Å²) in [5, 5.41) is 0. The lowest BCUT2D eigenvalue weighted by molar-refractivity contribution is 0.0925. The van der Waals surface area contributed by atoms with Crippen molar-refractivity contribution in [2.75, 3.05) is 13.2 Å². The molecule has 0 saturated carbocycles. The van der Waals surface area contributed by atoms with Gasteiger partial charge in [-0.15, -0.1) is 11.3 Å². The summed E-state index contributed by atoms with van der Waals surface area (Å²) < 4.78 is 11.5. The van der Waals surface area contributed by atoms with Crippen molar-refractivity contribution in [3.05, 3.63) is 45.6 Å². The molecule has 0 amide bonds. The summed E-state index contributed by atoms with van der Waals surface area (Å²) in [5.41, 5.74) is 0. The van der Waals surface area contributed by atoms with E-state index in [1.54, 1.807) is 24.3 Å². The molecule has 106 valence electrons. The first-order valence-electron chi connectivity index (χ1n) is 6.33. The Morgan fingerprint density at radius 2 is 1.75 bits per heavy atom. The normalized spacial score (nSPS) is 10.3. The zero-order chi connectivity index (χ0) is 14.4. The zero-order valence-corrected chi connectivity index (χ0v) is 12.7. The van der Waals surface area contributed by atoms with Crippen LogP contribution in [0.4, 0.5) is 0 Å². The molecule has 1 aromatic carbocycles. The highest BCUT2D eigenvalue weighted by atomic mass is 35.5. The number of ketones is 1. The topological polar surface area (TPSA) is 35.5 Å². The quantitative estimate of drug-likeness (QED) is 0.709. The molecule has 0 atom stereocenters. The van der Waals surface area contributed by atoms with Crippen LogP contribution >= 0.6 is 22.9 Å². The number of ether oxygens (including phenoxy) is 2. The average Bonchev–Trinajstić information content (AvgIpc) is 2.90. The van der Waals surface area contributed by atoms with E-state index < -0.39 is 0 Å². The van der Waals surface area contributed by atoms with Crippen LogP contribution in [0.5, 0.6) is 11.5 Å². The first kappa shape index (κ1) is 14.9. The lowest BCUT2D eigenvalue weighted by atomic mass is 10.3. The van der Waals surface area contributed by atoms with Gasteiger partial charge in [0.1, 0.15) is 11.5 Å². The number of rotatable bonds is 7. The fourth-order valence-electron chi connectivity index (χ4n) is 1.54. The number of thiophene rings is 1. The third-order valence-electron chi connectivity index (χ3n) is 2.51. The summed E-state index contributed by atoms with van der Waals surface area (Å²) in [6.45, 7) is 2.75. The summed E-state index contributed by atoms with van der Waals surface area (Å²) in [4.78, 5) is 12.5. The first-order chi connectivity index (χ1) is 9.69. The third-order valence-corrected chi connectivity index (χ3v) is 3.79. The van der Waals surface area contributed by atoms with Gasteiger partial charge in [-0.05, 0) is 42.8 Å². The number of halogens is 1. The molecule has 0 aliphatic rings. The van der Waals surface area contributed by atoms with Gasteiger partial charge in [0.25, 0.3) is 0 Å². The predicted octanol–water partition coefficient (Wildman–Crippen LogP) is 4.45. The molecular formula is C15H15ClO3S. The Morgan fingerprint density at radius 3 is 2.30 bits per heavy atom. The minimum atomic E-state index is -0.0757. The summed E-state index contributed by atoms with van der Waals surface area (Å²) in [6, 6.07) is 10.7. The van der Waals surface area contributed by atoms with E-state index in [0.29, 0.717) is 21.6 Å². The maximum atomic E-state index is 11.8. The van der Waals surface area contributed by atoms with Crippen molar-refractivity contribution in [1.29, 1.82) is 0 Å². The lowest BCUT2D eigenvalue weighted by Gasteiger charge is -2.07. The Balaban J connectivity index is 1.86. The average molecular weight is 311 g/mol. The second-order valence-corrected chi connectivity index (χ2v) is 5.85. The first-order valence-corrected chi connectivity index (χ1v) is 7.52. The molecule has 1 aromatic heterocycles. The van der Waals surface area contributed by atoms with Crippen molar-refractivity contribution in [2.45, 2.75) is 13.3 Å². The van der Waals surface area contributed by atoms with Crippen LogP contribution in [0.15, 0.2) is 36.4 Å². The van der Waals surface area contributed by atoms with E-state index >= 15 is 0 Å². The second-order valence-electron chi connectivity index (χ2n) is 4.14. The maximum absolute atomic E-state index is 11.8. The van der Waals surface area contributed by atoms with Gasteiger partial charge in [-0.25, -0.2) is 0 Å². The molecule has 3 nitrogen and oxygen atoms in total. The molecule has 0 radical (unpaired) electrons. The van der Waals surface area contributed by atoms with Crippen LogP contribution in [0.25, 0.3) is 0 Å². The van der Waals surface area contributed by atoms with E-state index in [0.717, 1.165) is 12.2 Å². The van der Waals surface area contributed by atoms with Gasteiger partial charge >= 0.3 is 0 Å². The number of carbonyl (C=O) groups excluding carboxylic acids is 1. The van der Waals surface area contributed by atoms with Gasteiger partial charge in [-0.2, -0.15) is 0 Å². The number of hydrogen-bond acceptors (Lipinski definition) is 4. The molecule has 0 saturated heterocycles. The van der Waals surface area contributed by atoms with Crippen LogP contribution in [-0.4, -0.2) is 19.0 Å². The minimum absolute atomic E-state index is 0.00596. The van der Waals surface area contributed by atoms with E-state index in [1.807, 2.05) is 12.1 Å². The van der Waals surface area contributed by atoms with Crippen molar-refractivity contribution in [1.82, 2.24) is 0 Å². The highest BCUT2D eigenvalue weighted by molar-refractivity contribution is 7.18. The number of hydrogen-bond donors (Lipinski definition) is 0. The molecule has 0 fully saturated rings. The van der Waals surface area contributed by atoms with Gasteiger partial charge in [0, 0.05) is 0 Å². The molecule has 0 bridgehead atoms. The zero-order valence-electron chi connectivity index (χ0n) is 11.1. The van der Waals surface area contributed by atoms with E-state index in [2.05, 4.69) is 6.92 Å². The Labute approximate surface area is 127 Å². The molecule has 20 heavy (non-hydrogen) atoms. The van der Waals surface area contributed by atoms with Crippen LogP contribution in [0.1, 0.15) is 23.0 Å². The number of carbonyl (C=O) groups is 1. The molecule has 1 heterocycles. The van der Waals surface area contributed by atoms with Gasteiger partial charge in [0.15, 0.2) is 6.61 Å². The van der Waals surface area contributed by atoms with Crippen LogP contribution in [0.3, 0.4) is 0 Å². The van der Waals surface area contributed by atoms with E-state index in [4.69, 9.17) is 21.1 Å². The van der Waals surface area contributed by atoms with E-state index in [-0.39, 0.29) is 12.4 Å². The van der Waals surface area contributed by atoms with Crippen LogP contribution in [-0.2, 0) is 0 Å². The van der Waals surface area contributed by atoms with E-state index in [9.17, 15) is 4.79 Å². The molecule has 0 aliphatic carbocycles. The third kappa shape index (κ3) is 4.25. The molecule has 2 aromatic rings. The second kappa shape index (κ2) is 7.31. The summed E-state index contributed by atoms with van der Waals surface area (Å²) >= 11 is 7.05. The van der Waals surface area contributed by atoms with Crippen LogP contribution in [0, 0.1) is 0 Å². The van der Waals surface area contributed by atoms with Crippen molar-refractivity contribution in [2.24, 2.45) is 0 Å². The largest absolute Gasteiger partial charge is 0.494 e. The number of Topliss-reactive ketones (excluding diaryl/α,β-unsaturated/α-hetero) is 1. The van der Waals surface area contributed by atoms with Gasteiger partial charge < -0.3 is 9.47 Å². The standard InChI is InChI=1S/C15H15ClO3S/c1-2-9-18-11-3-5-12(6-4-11)19-10-13(17)14-7-8-15(16)20-14/h3-8H,2,9-10H2,1H3. The highest BCUT2D eigenvalue weighted by Crippen LogP contribution is 2.22. The van der Waals surface area contributed by atoms with Gasteiger partial charge in [-0.1, -0.05) is 18.5 Å². The fraction of sp³-hybridized carbons (Fsp3) is 0.267. The van der Waals surface area contributed by atoms with Crippen LogP contribution in [0.2, 0.25) is 4.34 Å². The monoisotopic (exact) mass is 310 g/mol. The summed E-state index contributed by atoms with van der Waals surface area (Å²) in [6.07, 6.45) is 0.968. The lowest BCUT2D eigenvalue weighted by Crippen LogP contribution is -2.09. The Bertz CT molecular complexity index is 563. The van der Waals surface area contributed by atoms with E-state index in [1.165, 1.54) is 11.3 Å². The van der Waals surface area contributed by atoms with Gasteiger partial charge in [0.2, 0.25) is 5.78 Å². The molecule has 0 aliphatic heterocycles. The van der Waals surface area contributed by atoms with Crippen molar-refractivity contribution >= 4 is 28.7 Å². The van der Waals surface area contributed by atoms with Gasteiger partial charge in [0.05, 0.1) is 15.8 Å². The highest BCUT2D eigenvalue weighted by Gasteiger charge is 2.09. The molecule has 0 unspecified atom stereocenters. The summed E-state index contributed by atoms with van der Waals surface area (Å²) in [7, 11) is 0. The molecule has 0 spiro atoms.